The molecule has 8 heteroatoms. The molecule has 2 aromatic rings. The second-order valence-electron chi connectivity index (χ2n) is 5.43. The Kier molecular flexibility index (Phi) is 6.80. The highest BCUT2D eigenvalue weighted by Gasteiger charge is 2.16. The van der Waals surface area contributed by atoms with Crippen molar-refractivity contribution in [3.8, 4) is 5.75 Å². The summed E-state index contributed by atoms with van der Waals surface area (Å²) in [6.45, 7) is 0.119. The number of amides is 1. The number of ether oxygens (including phenoxy) is 2. The smallest absolute Gasteiger partial charge is 0.340 e. The molecule has 2 N–H and O–H groups in total. The summed E-state index contributed by atoms with van der Waals surface area (Å²) in [5.74, 6) is -1.12. The number of carbonyl (C=O) groups is 2. The Labute approximate surface area is 155 Å². The summed E-state index contributed by atoms with van der Waals surface area (Å²) in [6, 6.07) is 10.2. The van der Waals surface area contributed by atoms with E-state index >= 15 is 0 Å². The molecule has 0 radical (unpaired) electrons. The molecule has 0 aliphatic rings. The molecule has 0 atom stereocenters. The van der Waals surface area contributed by atoms with Gasteiger partial charge in [0.05, 0.1) is 12.1 Å². The minimum atomic E-state index is -0.790. The molecule has 0 heterocycles. The van der Waals surface area contributed by atoms with Crippen LogP contribution in [-0.4, -0.2) is 43.6 Å². The van der Waals surface area contributed by atoms with Gasteiger partial charge in [-0.1, -0.05) is 11.6 Å². The first-order valence-electron chi connectivity index (χ1n) is 7.71. The summed E-state index contributed by atoms with van der Waals surface area (Å²) >= 11 is 5.78. The van der Waals surface area contributed by atoms with Crippen LogP contribution in [0.5, 0.6) is 5.75 Å². The molecule has 0 saturated carbocycles. The van der Waals surface area contributed by atoms with E-state index in [2.05, 4.69) is 0 Å². The first-order chi connectivity index (χ1) is 12.4. The van der Waals surface area contributed by atoms with Gasteiger partial charge in [-0.15, -0.1) is 0 Å². The molecular formula is C18H18ClFN2O4. The molecule has 0 bridgehead atoms. The zero-order chi connectivity index (χ0) is 19.1. The minimum Gasteiger partial charge on any atom is -0.492 e. The van der Waals surface area contributed by atoms with Gasteiger partial charge in [-0.3, -0.25) is 4.79 Å². The van der Waals surface area contributed by atoms with Gasteiger partial charge in [0.1, 0.15) is 18.2 Å². The number of carbonyl (C=O) groups excluding carboxylic acids is 2. The van der Waals surface area contributed by atoms with Crippen molar-refractivity contribution >= 4 is 29.2 Å². The van der Waals surface area contributed by atoms with Crippen LogP contribution in [0.2, 0.25) is 5.02 Å². The standard InChI is InChI=1S/C18H18ClFN2O4/c1-22(8-9-25-14-5-2-12(19)3-6-14)17(23)11-26-18(24)15-7-4-13(20)10-16(15)21/h2-7,10H,8-9,11,21H2,1H3. The van der Waals surface area contributed by atoms with E-state index in [0.717, 1.165) is 12.1 Å². The molecule has 6 nitrogen and oxygen atoms in total. The second kappa shape index (κ2) is 9.05. The van der Waals surface area contributed by atoms with Crippen molar-refractivity contribution in [3.63, 3.8) is 0 Å². The summed E-state index contributed by atoms with van der Waals surface area (Å²) in [7, 11) is 1.56. The number of benzene rings is 2. The molecule has 0 aromatic heterocycles. The Morgan fingerprint density at radius 2 is 1.88 bits per heavy atom. The van der Waals surface area contributed by atoms with Crippen LogP contribution in [0.3, 0.4) is 0 Å². The van der Waals surface area contributed by atoms with Crippen LogP contribution < -0.4 is 10.5 Å². The Bertz CT molecular complexity index is 783. The van der Waals surface area contributed by atoms with E-state index < -0.39 is 24.3 Å². The molecule has 26 heavy (non-hydrogen) atoms. The third kappa shape index (κ3) is 5.63. The van der Waals surface area contributed by atoms with Crippen molar-refractivity contribution in [2.24, 2.45) is 0 Å². The number of halogens is 2. The molecule has 0 fully saturated rings. The topological polar surface area (TPSA) is 81.9 Å². The average Bonchev–Trinajstić information content (AvgIpc) is 2.61. The lowest BCUT2D eigenvalue weighted by atomic mass is 10.2. The van der Waals surface area contributed by atoms with Crippen molar-refractivity contribution in [1.29, 1.82) is 0 Å². The van der Waals surface area contributed by atoms with Gasteiger partial charge >= 0.3 is 5.97 Å². The monoisotopic (exact) mass is 380 g/mol. The second-order valence-corrected chi connectivity index (χ2v) is 5.86. The fraction of sp³-hybridized carbons (Fsp3) is 0.222. The van der Waals surface area contributed by atoms with Gasteiger partial charge in [0.25, 0.3) is 5.91 Å². The summed E-state index contributed by atoms with van der Waals surface area (Å²) in [5, 5.41) is 0.605. The first-order valence-corrected chi connectivity index (χ1v) is 8.09. The summed E-state index contributed by atoms with van der Waals surface area (Å²) in [6.07, 6.45) is 0. The Morgan fingerprint density at radius 1 is 1.19 bits per heavy atom. The lowest BCUT2D eigenvalue weighted by molar-refractivity contribution is -0.133. The van der Waals surface area contributed by atoms with E-state index in [1.54, 1.807) is 31.3 Å². The number of nitrogen functional groups attached to an aromatic ring is 1. The molecule has 0 aliphatic heterocycles. The molecule has 0 unspecified atom stereocenters. The van der Waals surface area contributed by atoms with E-state index in [1.807, 2.05) is 0 Å². The Balaban J connectivity index is 1.76. The van der Waals surface area contributed by atoms with Crippen LogP contribution in [0.4, 0.5) is 10.1 Å². The van der Waals surface area contributed by atoms with Crippen molar-refractivity contribution in [3.05, 3.63) is 58.9 Å². The number of rotatable bonds is 7. The SMILES string of the molecule is CN(CCOc1ccc(Cl)cc1)C(=O)COC(=O)c1ccc(F)cc1N. The minimum absolute atomic E-state index is 0.00734. The number of anilines is 1. The summed E-state index contributed by atoms with van der Waals surface area (Å²) in [4.78, 5) is 25.3. The normalized spacial score (nSPS) is 10.3. The summed E-state index contributed by atoms with van der Waals surface area (Å²) in [5.41, 5.74) is 5.52. The van der Waals surface area contributed by atoms with Crippen LogP contribution >= 0.6 is 11.6 Å². The molecule has 1 amide bonds. The average molecular weight is 381 g/mol. The molecular weight excluding hydrogens is 363 g/mol. The Hall–Kier alpha value is -2.80. The Morgan fingerprint density at radius 3 is 2.54 bits per heavy atom. The number of likely N-dealkylation sites (N-methyl/N-ethyl adjacent to an activating group) is 1. The van der Waals surface area contributed by atoms with Gasteiger partial charge in [-0.2, -0.15) is 0 Å². The van der Waals surface area contributed by atoms with Crippen molar-refractivity contribution in [2.75, 3.05) is 32.5 Å². The lowest BCUT2D eigenvalue weighted by Crippen LogP contribution is -2.34. The lowest BCUT2D eigenvalue weighted by Gasteiger charge is -2.17. The summed E-state index contributed by atoms with van der Waals surface area (Å²) < 4.78 is 23.4. The zero-order valence-corrected chi connectivity index (χ0v) is 14.8. The number of nitrogens with zero attached hydrogens (tertiary/aromatic N) is 1. The van der Waals surface area contributed by atoms with Crippen LogP contribution in [0.1, 0.15) is 10.4 Å². The van der Waals surface area contributed by atoms with Crippen molar-refractivity contribution in [1.82, 2.24) is 4.90 Å². The largest absolute Gasteiger partial charge is 0.492 e. The van der Waals surface area contributed by atoms with Gasteiger partial charge in [0, 0.05) is 17.8 Å². The zero-order valence-electron chi connectivity index (χ0n) is 14.1. The van der Waals surface area contributed by atoms with Crippen LogP contribution in [-0.2, 0) is 9.53 Å². The molecule has 0 saturated heterocycles. The van der Waals surface area contributed by atoms with Crippen molar-refractivity contribution < 1.29 is 23.5 Å². The van der Waals surface area contributed by atoms with Gasteiger partial charge < -0.3 is 20.1 Å². The number of esters is 1. The van der Waals surface area contributed by atoms with Gasteiger partial charge in [0.15, 0.2) is 6.61 Å². The van der Waals surface area contributed by atoms with Crippen LogP contribution in [0, 0.1) is 5.82 Å². The first kappa shape index (κ1) is 19.5. The van der Waals surface area contributed by atoms with Gasteiger partial charge in [0.2, 0.25) is 0 Å². The third-order valence-corrected chi connectivity index (χ3v) is 3.75. The van der Waals surface area contributed by atoms with Crippen molar-refractivity contribution in [2.45, 2.75) is 0 Å². The van der Waals surface area contributed by atoms with E-state index in [1.165, 1.54) is 11.0 Å². The van der Waals surface area contributed by atoms with E-state index in [4.69, 9.17) is 26.8 Å². The molecule has 0 aliphatic carbocycles. The fourth-order valence-electron chi connectivity index (χ4n) is 1.99. The van der Waals surface area contributed by atoms with E-state index in [0.29, 0.717) is 17.3 Å². The molecule has 138 valence electrons. The maximum Gasteiger partial charge on any atom is 0.340 e. The predicted molar refractivity (Wildman–Crippen MR) is 95.7 cm³/mol. The predicted octanol–water partition coefficient (Wildman–Crippen LogP) is 2.76. The highest BCUT2D eigenvalue weighted by Crippen LogP contribution is 2.16. The number of hydrogen-bond acceptors (Lipinski definition) is 5. The number of nitrogens with two attached hydrogens (primary N) is 1. The van der Waals surface area contributed by atoms with Crippen LogP contribution in [0.25, 0.3) is 0 Å². The van der Waals surface area contributed by atoms with Gasteiger partial charge in [-0.05, 0) is 42.5 Å². The molecule has 2 aromatic carbocycles. The highest BCUT2D eigenvalue weighted by atomic mass is 35.5. The third-order valence-electron chi connectivity index (χ3n) is 3.50. The highest BCUT2D eigenvalue weighted by molar-refractivity contribution is 6.30. The molecule has 0 spiro atoms. The van der Waals surface area contributed by atoms with Crippen LogP contribution in [0.15, 0.2) is 42.5 Å². The van der Waals surface area contributed by atoms with E-state index in [-0.39, 0.29) is 17.9 Å². The fourth-order valence-corrected chi connectivity index (χ4v) is 2.12. The maximum absolute atomic E-state index is 13.0. The van der Waals surface area contributed by atoms with Gasteiger partial charge in [-0.25, -0.2) is 9.18 Å². The van der Waals surface area contributed by atoms with E-state index in [9.17, 15) is 14.0 Å². The maximum atomic E-state index is 13.0. The molecule has 2 rings (SSSR count). The number of hydrogen-bond donors (Lipinski definition) is 1. The quantitative estimate of drug-likeness (QED) is 0.590.